The highest BCUT2D eigenvalue weighted by Gasteiger charge is 2.38. The number of hydrogen-bond donors (Lipinski definition) is 0. The fraction of sp³-hybridized carbons (Fsp3) is 0.269. The van der Waals surface area contributed by atoms with Crippen molar-refractivity contribution in [1.29, 1.82) is 0 Å². The van der Waals surface area contributed by atoms with E-state index < -0.39 is 43.0 Å². The maximum Gasteiger partial charge on any atom is 0.449 e. The summed E-state index contributed by atoms with van der Waals surface area (Å²) in [4.78, 5) is 29.3. The summed E-state index contributed by atoms with van der Waals surface area (Å²) >= 11 is 0. The van der Waals surface area contributed by atoms with E-state index in [1.807, 2.05) is 0 Å². The summed E-state index contributed by atoms with van der Waals surface area (Å²) < 4.78 is 77.4. The average Bonchev–Trinajstić information content (AvgIpc) is 3.35. The number of aryl methyl sites for hydroxylation is 1. The Morgan fingerprint density at radius 3 is 2.32 bits per heavy atom. The Kier molecular flexibility index (Phi) is 7.25. The van der Waals surface area contributed by atoms with Crippen LogP contribution in [0.3, 0.4) is 0 Å². The number of esters is 1. The Morgan fingerprint density at radius 1 is 1.03 bits per heavy atom. The highest BCUT2D eigenvalue weighted by atomic mass is 19.4. The normalized spacial score (nSPS) is 12.7. The van der Waals surface area contributed by atoms with E-state index in [-0.39, 0.29) is 22.3 Å². The summed E-state index contributed by atoms with van der Waals surface area (Å²) in [6.07, 6.45) is -6.09. The first-order chi connectivity index (χ1) is 17.9. The molecule has 0 saturated heterocycles. The Morgan fingerprint density at radius 2 is 1.68 bits per heavy atom. The van der Waals surface area contributed by atoms with Crippen molar-refractivity contribution >= 4 is 22.8 Å². The summed E-state index contributed by atoms with van der Waals surface area (Å²) in [5.74, 6) is -2.87. The third-order valence-corrected chi connectivity index (χ3v) is 5.89. The van der Waals surface area contributed by atoms with Crippen molar-refractivity contribution in [3.63, 3.8) is 0 Å². The van der Waals surface area contributed by atoms with Crippen LogP contribution in [0.5, 0.6) is 5.75 Å². The van der Waals surface area contributed by atoms with Gasteiger partial charge in [0.25, 0.3) is 0 Å². The fourth-order valence-corrected chi connectivity index (χ4v) is 4.27. The lowest BCUT2D eigenvalue weighted by molar-refractivity contribution is -0.152. The van der Waals surface area contributed by atoms with E-state index in [0.717, 1.165) is 0 Å². The van der Waals surface area contributed by atoms with Gasteiger partial charge in [0.15, 0.2) is 6.10 Å². The molecule has 0 fully saturated rings. The van der Waals surface area contributed by atoms with Gasteiger partial charge >= 0.3 is 18.8 Å². The van der Waals surface area contributed by atoms with Crippen molar-refractivity contribution in [2.75, 3.05) is 0 Å². The molecule has 0 aliphatic rings. The number of aromatic nitrogens is 3. The molecule has 2 aromatic carbocycles. The topological polar surface area (TPSA) is 75.4 Å². The van der Waals surface area contributed by atoms with Gasteiger partial charge in [0.2, 0.25) is 11.6 Å². The average molecular weight is 535 g/mol. The minimum absolute atomic E-state index is 0.0256. The van der Waals surface area contributed by atoms with Crippen molar-refractivity contribution < 1.29 is 41.0 Å². The molecule has 38 heavy (non-hydrogen) atoms. The van der Waals surface area contributed by atoms with E-state index in [4.69, 9.17) is 4.74 Å². The third kappa shape index (κ3) is 5.38. The maximum absolute atomic E-state index is 13.5. The van der Waals surface area contributed by atoms with Crippen molar-refractivity contribution in [2.45, 2.75) is 46.2 Å². The van der Waals surface area contributed by atoms with Crippen molar-refractivity contribution in [2.24, 2.45) is 0 Å². The lowest BCUT2D eigenvalue weighted by atomic mass is 10.1. The molecule has 2 aromatic heterocycles. The molecule has 7 nitrogen and oxygen atoms in total. The summed E-state index contributed by atoms with van der Waals surface area (Å²) in [5, 5.41) is 0. The predicted octanol–water partition coefficient (Wildman–Crippen LogP) is 5.88. The molecule has 2 heterocycles. The van der Waals surface area contributed by atoms with Crippen molar-refractivity contribution in [3.8, 4) is 11.4 Å². The van der Waals surface area contributed by atoms with E-state index >= 15 is 0 Å². The van der Waals surface area contributed by atoms with E-state index in [1.54, 1.807) is 36.6 Å². The molecular formula is C26H22F5N3O4. The zero-order valence-corrected chi connectivity index (χ0v) is 20.4. The van der Waals surface area contributed by atoms with Gasteiger partial charge in [-0.2, -0.15) is 22.0 Å². The van der Waals surface area contributed by atoms with Crippen LogP contribution in [0.1, 0.15) is 34.5 Å². The molecular weight excluding hydrogens is 513 g/mol. The second-order valence-corrected chi connectivity index (χ2v) is 8.50. The number of nitrogens with zero attached hydrogens (tertiary/aromatic N) is 3. The van der Waals surface area contributed by atoms with Crippen LogP contribution >= 0.6 is 0 Å². The molecule has 1 atom stereocenters. The van der Waals surface area contributed by atoms with E-state index in [9.17, 15) is 31.5 Å². The Labute approximate surface area is 213 Å². The standard InChI is InChI=1S/C26H22F5N3O4/c1-14-12-19(15(2)34(14)17-8-10-18(11-9-17)38-25(27)28)23(36)16(3)37-22(35)13-33-21-7-5-4-6-20(21)32-24(33)26(29,30)31/h4-12,16,25H,13H2,1-3H3/t16-/m0/s1. The summed E-state index contributed by atoms with van der Waals surface area (Å²) in [6, 6.07) is 13.2. The van der Waals surface area contributed by atoms with Gasteiger partial charge in [-0.15, -0.1) is 0 Å². The number of Topliss-reactive ketones (excluding diaryl/α,β-unsaturated/α-hetero) is 1. The van der Waals surface area contributed by atoms with Crippen LogP contribution in [0.2, 0.25) is 0 Å². The molecule has 0 saturated carbocycles. The minimum atomic E-state index is -4.80. The zero-order valence-electron chi connectivity index (χ0n) is 20.4. The second-order valence-electron chi connectivity index (χ2n) is 8.50. The molecule has 0 amide bonds. The van der Waals surface area contributed by atoms with E-state index in [1.165, 1.54) is 43.3 Å². The second kappa shape index (κ2) is 10.3. The quantitative estimate of drug-likeness (QED) is 0.160. The first kappa shape index (κ1) is 26.8. The van der Waals surface area contributed by atoms with Crippen LogP contribution in [-0.2, 0) is 22.3 Å². The van der Waals surface area contributed by atoms with Gasteiger partial charge in [0.05, 0.1) is 11.0 Å². The smallest absolute Gasteiger partial charge is 0.449 e. The largest absolute Gasteiger partial charge is 0.453 e. The fourth-order valence-electron chi connectivity index (χ4n) is 4.27. The predicted molar refractivity (Wildman–Crippen MR) is 126 cm³/mol. The molecule has 4 aromatic rings. The van der Waals surface area contributed by atoms with Crippen LogP contribution in [0.4, 0.5) is 22.0 Å². The van der Waals surface area contributed by atoms with Crippen LogP contribution < -0.4 is 4.74 Å². The highest BCUT2D eigenvalue weighted by Crippen LogP contribution is 2.31. The molecule has 12 heteroatoms. The number of halogens is 5. The molecule has 0 spiro atoms. The number of imidazole rings is 1. The number of benzene rings is 2. The van der Waals surface area contributed by atoms with Gasteiger partial charge in [0, 0.05) is 22.6 Å². The summed E-state index contributed by atoms with van der Waals surface area (Å²) in [7, 11) is 0. The maximum atomic E-state index is 13.5. The van der Waals surface area contributed by atoms with Gasteiger partial charge in [-0.1, -0.05) is 12.1 Å². The number of fused-ring (bicyclic) bond motifs is 1. The monoisotopic (exact) mass is 535 g/mol. The number of hydrogen-bond acceptors (Lipinski definition) is 5. The molecule has 0 N–H and O–H groups in total. The van der Waals surface area contributed by atoms with E-state index in [0.29, 0.717) is 21.6 Å². The number of para-hydroxylation sites is 2. The number of alkyl halides is 5. The number of carbonyl (C=O) groups is 2. The van der Waals surface area contributed by atoms with Crippen molar-refractivity contribution in [1.82, 2.24) is 14.1 Å². The molecule has 0 unspecified atom stereocenters. The molecule has 0 aliphatic heterocycles. The molecule has 4 rings (SSSR count). The lowest BCUT2D eigenvalue weighted by Crippen LogP contribution is -2.28. The van der Waals surface area contributed by atoms with Gasteiger partial charge in [-0.25, -0.2) is 4.98 Å². The van der Waals surface area contributed by atoms with Crippen LogP contribution in [0.15, 0.2) is 54.6 Å². The molecule has 0 aliphatic carbocycles. The van der Waals surface area contributed by atoms with Crippen LogP contribution in [-0.4, -0.2) is 38.6 Å². The lowest BCUT2D eigenvalue weighted by Gasteiger charge is -2.15. The van der Waals surface area contributed by atoms with Gasteiger partial charge in [-0.05, 0) is 63.2 Å². The number of ether oxygens (including phenoxy) is 2. The van der Waals surface area contributed by atoms with Gasteiger partial charge in [-0.3, -0.25) is 9.59 Å². The van der Waals surface area contributed by atoms with Crippen LogP contribution in [0.25, 0.3) is 16.7 Å². The van der Waals surface area contributed by atoms with Gasteiger partial charge in [0.1, 0.15) is 12.3 Å². The highest BCUT2D eigenvalue weighted by molar-refractivity contribution is 6.01. The Bertz CT molecular complexity index is 1490. The number of ketones is 1. The SMILES string of the molecule is Cc1cc(C(=O)[C@H](C)OC(=O)Cn2c(C(F)(F)F)nc3ccccc32)c(C)n1-c1ccc(OC(F)F)cc1. The third-order valence-electron chi connectivity index (χ3n) is 5.89. The Hall–Kier alpha value is -4.22. The summed E-state index contributed by atoms with van der Waals surface area (Å²) in [6.45, 7) is 0.966. The molecule has 200 valence electrons. The van der Waals surface area contributed by atoms with Gasteiger partial charge < -0.3 is 18.6 Å². The molecule has 0 bridgehead atoms. The van der Waals surface area contributed by atoms with Crippen LogP contribution in [0, 0.1) is 13.8 Å². The molecule has 0 radical (unpaired) electrons. The number of rotatable bonds is 8. The van der Waals surface area contributed by atoms with Crippen molar-refractivity contribution in [3.05, 3.63) is 77.4 Å². The summed E-state index contributed by atoms with van der Waals surface area (Å²) in [5.41, 5.74) is 2.13. The first-order valence-electron chi connectivity index (χ1n) is 11.4. The van der Waals surface area contributed by atoms with E-state index in [2.05, 4.69) is 9.72 Å². The Balaban J connectivity index is 1.52. The first-order valence-corrected chi connectivity index (χ1v) is 11.4. The zero-order chi connectivity index (χ0) is 27.8. The minimum Gasteiger partial charge on any atom is -0.453 e. The number of carbonyl (C=O) groups excluding carboxylic acids is 2.